The topological polar surface area (TPSA) is 90.0 Å². The fourth-order valence-corrected chi connectivity index (χ4v) is 5.79. The number of amides is 2. The van der Waals surface area contributed by atoms with Gasteiger partial charge in [-0.25, -0.2) is 9.11 Å². The summed E-state index contributed by atoms with van der Waals surface area (Å²) in [6.45, 7) is 0.970. The van der Waals surface area contributed by atoms with Gasteiger partial charge in [-0.1, -0.05) is 72.8 Å². The number of aryl methyl sites for hydroxylation is 1. The highest BCUT2D eigenvalue weighted by Crippen LogP contribution is 2.32. The van der Waals surface area contributed by atoms with Crippen molar-refractivity contribution in [2.75, 3.05) is 34.2 Å². The Bertz CT molecular complexity index is 1380. The summed E-state index contributed by atoms with van der Waals surface area (Å²) >= 11 is 0. The Morgan fingerprint density at radius 1 is 0.927 bits per heavy atom. The summed E-state index contributed by atoms with van der Waals surface area (Å²) in [5.74, 6) is -1.91. The van der Waals surface area contributed by atoms with Gasteiger partial charge in [0.15, 0.2) is 0 Å². The highest BCUT2D eigenvalue weighted by Gasteiger charge is 2.44. The van der Waals surface area contributed by atoms with Gasteiger partial charge in [-0.15, -0.1) is 0 Å². The molecule has 218 valence electrons. The van der Waals surface area contributed by atoms with E-state index in [-0.39, 0.29) is 24.3 Å². The Kier molecular flexibility index (Phi) is 9.90. The van der Waals surface area contributed by atoms with Gasteiger partial charge < -0.3 is 9.80 Å². The smallest absolute Gasteiger partial charge is 0.303 e. The monoisotopic (exact) mass is 580 g/mol. The molecule has 1 N–H and O–H groups in total. The quantitative estimate of drug-likeness (QED) is 0.376. The van der Waals surface area contributed by atoms with E-state index in [2.05, 4.69) is 9.62 Å². The van der Waals surface area contributed by atoms with E-state index < -0.39 is 28.1 Å². The van der Waals surface area contributed by atoms with Gasteiger partial charge in [0, 0.05) is 26.7 Å². The third-order valence-electron chi connectivity index (χ3n) is 7.60. The Hall–Kier alpha value is -3.60. The Morgan fingerprint density at radius 2 is 1.49 bits per heavy atom. The molecule has 4 rings (SSSR count). The van der Waals surface area contributed by atoms with Crippen molar-refractivity contribution >= 4 is 22.0 Å². The zero-order chi connectivity index (χ0) is 29.6. The Balaban J connectivity index is 1.57. The van der Waals surface area contributed by atoms with Crippen molar-refractivity contribution in [2.24, 2.45) is 0 Å². The number of hydrogen-bond donors (Lipinski definition) is 1. The van der Waals surface area contributed by atoms with Gasteiger partial charge in [-0.2, -0.15) is 12.7 Å². The maximum absolute atomic E-state index is 14.3. The lowest BCUT2D eigenvalue weighted by Crippen LogP contribution is -2.51. The summed E-state index contributed by atoms with van der Waals surface area (Å²) in [5.41, 5.74) is 2.61. The molecule has 0 saturated carbocycles. The minimum atomic E-state index is -4.04. The second-order valence-corrected chi connectivity index (χ2v) is 12.5. The van der Waals surface area contributed by atoms with E-state index in [0.717, 1.165) is 33.8 Å². The normalized spacial score (nSPS) is 17.4. The summed E-state index contributed by atoms with van der Waals surface area (Å²) in [6, 6.07) is 24.1. The van der Waals surface area contributed by atoms with Gasteiger partial charge >= 0.3 is 10.2 Å². The first-order valence-corrected chi connectivity index (χ1v) is 15.1. The van der Waals surface area contributed by atoms with Crippen LogP contribution in [0.2, 0.25) is 0 Å². The zero-order valence-corrected chi connectivity index (χ0v) is 24.4. The number of likely N-dealkylation sites (tertiary alicyclic amines) is 1. The van der Waals surface area contributed by atoms with Crippen LogP contribution in [0.5, 0.6) is 0 Å². The number of halogens is 1. The molecule has 0 radical (unpaired) electrons. The predicted octanol–water partition coefficient (Wildman–Crippen LogP) is 3.41. The lowest BCUT2D eigenvalue weighted by atomic mass is 9.90. The molecule has 3 aromatic carbocycles. The molecule has 1 aliphatic heterocycles. The van der Waals surface area contributed by atoms with Crippen LogP contribution in [-0.4, -0.2) is 80.7 Å². The third kappa shape index (κ3) is 7.58. The second kappa shape index (κ2) is 13.4. The fraction of sp³-hybridized carbons (Fsp3) is 0.355. The molecule has 41 heavy (non-hydrogen) atoms. The first kappa shape index (κ1) is 30.4. The molecular weight excluding hydrogens is 543 g/mol. The number of carbonyl (C=O) groups is 2. The average molecular weight is 581 g/mol. The molecule has 8 nitrogen and oxygen atoms in total. The van der Waals surface area contributed by atoms with Crippen LogP contribution in [-0.2, 0) is 26.2 Å². The van der Waals surface area contributed by atoms with E-state index in [4.69, 9.17) is 0 Å². The lowest BCUT2D eigenvalue weighted by molar-refractivity contribution is -0.138. The largest absolute Gasteiger partial charge is 0.328 e. The third-order valence-corrected chi connectivity index (χ3v) is 9.02. The van der Waals surface area contributed by atoms with Crippen LogP contribution in [0, 0.1) is 5.82 Å². The molecule has 2 amide bonds. The lowest BCUT2D eigenvalue weighted by Gasteiger charge is -2.29. The Morgan fingerprint density at radius 3 is 2.02 bits per heavy atom. The van der Waals surface area contributed by atoms with Gasteiger partial charge in [0.25, 0.3) is 5.91 Å². The maximum atomic E-state index is 14.3. The van der Waals surface area contributed by atoms with Crippen molar-refractivity contribution in [1.29, 1.82) is 0 Å². The highest BCUT2D eigenvalue weighted by molar-refractivity contribution is 7.87. The summed E-state index contributed by atoms with van der Waals surface area (Å²) < 4.78 is 41.4. The molecule has 3 aromatic rings. The van der Waals surface area contributed by atoms with Crippen LogP contribution >= 0.6 is 0 Å². The van der Waals surface area contributed by atoms with Crippen molar-refractivity contribution in [3.63, 3.8) is 0 Å². The van der Waals surface area contributed by atoms with Gasteiger partial charge in [-0.05, 0) is 61.7 Å². The molecule has 0 unspecified atom stereocenters. The molecule has 0 aromatic heterocycles. The minimum Gasteiger partial charge on any atom is -0.328 e. The van der Waals surface area contributed by atoms with Gasteiger partial charge in [0.2, 0.25) is 5.91 Å². The number of nitrogens with zero attached hydrogens (tertiary/aromatic N) is 3. The van der Waals surface area contributed by atoms with Crippen molar-refractivity contribution in [3.8, 4) is 0 Å². The van der Waals surface area contributed by atoms with Crippen LogP contribution in [0.4, 0.5) is 4.39 Å². The highest BCUT2D eigenvalue weighted by atomic mass is 32.2. The van der Waals surface area contributed by atoms with Crippen LogP contribution in [0.3, 0.4) is 0 Å². The fourth-order valence-electron chi connectivity index (χ4n) is 5.21. The van der Waals surface area contributed by atoms with E-state index >= 15 is 0 Å². The summed E-state index contributed by atoms with van der Waals surface area (Å²) in [6.07, 6.45) is 1.86. The van der Waals surface area contributed by atoms with Gasteiger partial charge in [-0.3, -0.25) is 9.59 Å². The van der Waals surface area contributed by atoms with Gasteiger partial charge in [0.05, 0.1) is 5.92 Å². The molecule has 0 bridgehead atoms. The number of nitrogens with one attached hydrogen (secondary N) is 1. The molecular formula is C31H37FN4O4S. The number of likely N-dealkylation sites (N-methyl/N-ethyl adjacent to an activating group) is 1. The first-order chi connectivity index (χ1) is 19.6. The molecule has 1 heterocycles. The van der Waals surface area contributed by atoms with E-state index in [0.29, 0.717) is 13.0 Å². The molecule has 2 atom stereocenters. The molecule has 10 heteroatoms. The zero-order valence-electron chi connectivity index (χ0n) is 23.6. The Labute approximate surface area is 241 Å². The number of rotatable bonds is 11. The van der Waals surface area contributed by atoms with E-state index in [1.54, 1.807) is 12.1 Å². The van der Waals surface area contributed by atoms with Crippen molar-refractivity contribution in [3.05, 3.63) is 107 Å². The van der Waals surface area contributed by atoms with Crippen LogP contribution in [0.25, 0.3) is 0 Å². The predicted molar refractivity (Wildman–Crippen MR) is 157 cm³/mol. The SMILES string of the molecule is CN(CCCc1ccc(F)cc1)[C@H]1C[C@@H](C(=O)NS(=O)(=O)N(C)C)N(C(=O)C(c2ccccc2)c2ccccc2)C1. The van der Waals surface area contributed by atoms with E-state index in [1.165, 1.54) is 31.1 Å². The van der Waals surface area contributed by atoms with E-state index in [1.807, 2.05) is 67.7 Å². The molecule has 1 fully saturated rings. The molecule has 0 spiro atoms. The first-order valence-electron chi connectivity index (χ1n) is 13.7. The van der Waals surface area contributed by atoms with Gasteiger partial charge in [0.1, 0.15) is 11.9 Å². The molecule has 1 saturated heterocycles. The number of hydrogen-bond acceptors (Lipinski definition) is 5. The van der Waals surface area contributed by atoms with E-state index in [9.17, 15) is 22.4 Å². The molecule has 1 aliphatic rings. The summed E-state index contributed by atoms with van der Waals surface area (Å²) in [4.78, 5) is 31.3. The van der Waals surface area contributed by atoms with Crippen molar-refractivity contribution < 1.29 is 22.4 Å². The summed E-state index contributed by atoms with van der Waals surface area (Å²) in [5, 5.41) is 0. The second-order valence-electron chi connectivity index (χ2n) is 10.6. The number of carbonyl (C=O) groups excluding carboxylic acids is 2. The standard InChI is InChI=1S/C31H37FN4O4S/c1-34(2)41(39,40)33-30(37)28-21-27(35(3)20-10-11-23-16-18-26(32)19-17-23)22-36(28)31(38)29(24-12-6-4-7-13-24)25-14-8-5-9-15-25/h4-9,12-19,27-29H,10-11,20-22H2,1-3H3,(H,33,37)/t27-,28-/m0/s1. The van der Waals surface area contributed by atoms with Crippen molar-refractivity contribution in [2.45, 2.75) is 37.3 Å². The van der Waals surface area contributed by atoms with Crippen LogP contribution in [0.15, 0.2) is 84.9 Å². The average Bonchev–Trinajstić information content (AvgIpc) is 3.41. The van der Waals surface area contributed by atoms with Crippen molar-refractivity contribution in [1.82, 2.24) is 18.8 Å². The summed E-state index contributed by atoms with van der Waals surface area (Å²) in [7, 11) is 0.585. The van der Waals surface area contributed by atoms with Crippen LogP contribution in [0.1, 0.15) is 35.4 Å². The number of benzene rings is 3. The minimum absolute atomic E-state index is 0.155. The maximum Gasteiger partial charge on any atom is 0.303 e. The van der Waals surface area contributed by atoms with Crippen LogP contribution < -0.4 is 4.72 Å². The molecule has 0 aliphatic carbocycles.